The number of hydrogen-bond acceptors (Lipinski definition) is 3. The van der Waals surface area contributed by atoms with E-state index >= 15 is 0 Å². The summed E-state index contributed by atoms with van der Waals surface area (Å²) in [6.07, 6.45) is 0.230. The molecule has 2 atom stereocenters. The summed E-state index contributed by atoms with van der Waals surface area (Å²) in [6.45, 7) is 2.72. The van der Waals surface area contributed by atoms with Crippen LogP contribution in [0, 0.1) is 5.92 Å². The van der Waals surface area contributed by atoms with Crippen molar-refractivity contribution < 1.29 is 14.3 Å². The largest absolute Gasteiger partial charge is 0.383 e. The number of nitrogens with one attached hydrogen (secondary N) is 1. The number of ether oxygens (including phenoxy) is 1. The minimum absolute atomic E-state index is 0.0446. The molecule has 2 rings (SSSR count). The Morgan fingerprint density at radius 2 is 2.14 bits per heavy atom. The first-order chi connectivity index (χ1) is 10.0. The van der Waals surface area contributed by atoms with Gasteiger partial charge in [-0.1, -0.05) is 11.6 Å². The Morgan fingerprint density at radius 1 is 1.48 bits per heavy atom. The highest BCUT2D eigenvalue weighted by Crippen LogP contribution is 2.26. The maximum atomic E-state index is 12.1. The van der Waals surface area contributed by atoms with Crippen LogP contribution in [-0.2, 0) is 14.3 Å². The summed E-state index contributed by atoms with van der Waals surface area (Å²) in [4.78, 5) is 25.8. The molecule has 2 amide bonds. The molecular weight excluding hydrogens is 292 g/mol. The highest BCUT2D eigenvalue weighted by Gasteiger charge is 2.35. The lowest BCUT2D eigenvalue weighted by Crippen LogP contribution is -2.40. The van der Waals surface area contributed by atoms with Crippen molar-refractivity contribution >= 4 is 29.1 Å². The lowest BCUT2D eigenvalue weighted by molar-refractivity contribution is -0.127. The zero-order chi connectivity index (χ0) is 15.4. The summed E-state index contributed by atoms with van der Waals surface area (Å²) in [5.41, 5.74) is 0.768. The normalized spacial score (nSPS) is 19.7. The fraction of sp³-hybridized carbons (Fsp3) is 0.467. The van der Waals surface area contributed by atoms with Crippen LogP contribution in [0.5, 0.6) is 0 Å². The predicted octanol–water partition coefficient (Wildman–Crippen LogP) is 1.84. The second-order valence-corrected chi connectivity index (χ2v) is 5.68. The second kappa shape index (κ2) is 6.91. The van der Waals surface area contributed by atoms with Crippen molar-refractivity contribution in [1.29, 1.82) is 0 Å². The van der Waals surface area contributed by atoms with Gasteiger partial charge in [0.05, 0.1) is 12.5 Å². The van der Waals surface area contributed by atoms with Crippen LogP contribution in [0.4, 0.5) is 5.69 Å². The number of rotatable bonds is 5. The van der Waals surface area contributed by atoms with Crippen LogP contribution in [0.2, 0.25) is 5.02 Å². The van der Waals surface area contributed by atoms with Gasteiger partial charge in [-0.2, -0.15) is 0 Å². The number of anilines is 1. The first-order valence-corrected chi connectivity index (χ1v) is 7.24. The van der Waals surface area contributed by atoms with Gasteiger partial charge in [0.1, 0.15) is 0 Å². The minimum Gasteiger partial charge on any atom is -0.383 e. The molecule has 1 aliphatic heterocycles. The molecule has 0 aromatic heterocycles. The highest BCUT2D eigenvalue weighted by molar-refractivity contribution is 6.30. The molecule has 6 heteroatoms. The number of benzene rings is 1. The zero-order valence-corrected chi connectivity index (χ0v) is 12.9. The van der Waals surface area contributed by atoms with Gasteiger partial charge in [0.2, 0.25) is 11.8 Å². The quantitative estimate of drug-likeness (QED) is 0.903. The summed E-state index contributed by atoms with van der Waals surface area (Å²) in [6, 6.07) is 6.97. The predicted molar refractivity (Wildman–Crippen MR) is 81.4 cm³/mol. The van der Waals surface area contributed by atoms with E-state index < -0.39 is 0 Å². The third kappa shape index (κ3) is 3.95. The third-order valence-corrected chi connectivity index (χ3v) is 3.69. The van der Waals surface area contributed by atoms with E-state index in [1.54, 1.807) is 36.3 Å². The molecule has 114 valence electrons. The van der Waals surface area contributed by atoms with Crippen molar-refractivity contribution in [1.82, 2.24) is 5.32 Å². The van der Waals surface area contributed by atoms with Gasteiger partial charge >= 0.3 is 0 Å². The van der Waals surface area contributed by atoms with Crippen molar-refractivity contribution in [2.45, 2.75) is 19.4 Å². The van der Waals surface area contributed by atoms with Gasteiger partial charge in [-0.15, -0.1) is 0 Å². The number of carbonyl (C=O) groups is 2. The van der Waals surface area contributed by atoms with Gasteiger partial charge in [-0.25, -0.2) is 0 Å². The van der Waals surface area contributed by atoms with E-state index in [0.29, 0.717) is 18.2 Å². The van der Waals surface area contributed by atoms with E-state index in [1.807, 2.05) is 6.92 Å². The molecule has 1 fully saturated rings. The Balaban J connectivity index is 1.99. The van der Waals surface area contributed by atoms with Gasteiger partial charge < -0.3 is 15.0 Å². The number of amides is 2. The Kier molecular flexibility index (Phi) is 5.20. The molecule has 5 nitrogen and oxygen atoms in total. The van der Waals surface area contributed by atoms with Crippen LogP contribution in [0.1, 0.15) is 13.3 Å². The first kappa shape index (κ1) is 15.8. The van der Waals surface area contributed by atoms with Crippen LogP contribution in [0.15, 0.2) is 24.3 Å². The molecule has 0 bridgehead atoms. The number of hydrogen-bond donors (Lipinski definition) is 1. The monoisotopic (exact) mass is 310 g/mol. The number of methoxy groups -OCH3 is 1. The van der Waals surface area contributed by atoms with Gasteiger partial charge in [0.25, 0.3) is 0 Å². The molecule has 21 heavy (non-hydrogen) atoms. The molecule has 0 aliphatic carbocycles. The Labute approximate surface area is 129 Å². The highest BCUT2D eigenvalue weighted by atomic mass is 35.5. The Hall–Kier alpha value is -1.59. The fourth-order valence-corrected chi connectivity index (χ4v) is 2.53. The minimum atomic E-state index is -0.326. The average Bonchev–Trinajstić information content (AvgIpc) is 2.82. The van der Waals surface area contributed by atoms with Crippen LogP contribution in [0.25, 0.3) is 0 Å². The molecular formula is C15H19ClN2O3. The van der Waals surface area contributed by atoms with Gasteiger partial charge in [-0.3, -0.25) is 9.59 Å². The fourth-order valence-electron chi connectivity index (χ4n) is 2.41. The molecule has 1 aromatic rings. The van der Waals surface area contributed by atoms with Gasteiger partial charge in [0.15, 0.2) is 0 Å². The second-order valence-electron chi connectivity index (χ2n) is 5.25. The summed E-state index contributed by atoms with van der Waals surface area (Å²) < 4.78 is 4.99. The number of halogens is 1. The first-order valence-electron chi connectivity index (χ1n) is 6.86. The maximum Gasteiger partial charge on any atom is 0.227 e. The molecule has 0 radical (unpaired) electrons. The van der Waals surface area contributed by atoms with Crippen LogP contribution < -0.4 is 10.2 Å². The maximum absolute atomic E-state index is 12.1. The summed E-state index contributed by atoms with van der Waals surface area (Å²) in [7, 11) is 1.59. The summed E-state index contributed by atoms with van der Waals surface area (Å²) >= 11 is 5.84. The van der Waals surface area contributed by atoms with Gasteiger partial charge in [0, 0.05) is 36.8 Å². The molecule has 0 saturated carbocycles. The molecule has 1 aromatic carbocycles. The molecule has 1 aliphatic rings. The van der Waals surface area contributed by atoms with Crippen LogP contribution in [-0.4, -0.2) is 38.1 Å². The Morgan fingerprint density at radius 3 is 2.76 bits per heavy atom. The van der Waals surface area contributed by atoms with E-state index in [0.717, 1.165) is 5.69 Å². The number of carbonyl (C=O) groups excluding carboxylic acids is 2. The van der Waals surface area contributed by atoms with E-state index in [1.165, 1.54) is 0 Å². The lowest BCUT2D eigenvalue weighted by atomic mass is 10.1. The summed E-state index contributed by atoms with van der Waals surface area (Å²) in [5.74, 6) is -0.478. The molecule has 1 saturated heterocycles. The third-order valence-electron chi connectivity index (χ3n) is 3.44. The molecule has 2 unspecified atom stereocenters. The van der Waals surface area contributed by atoms with Crippen LogP contribution in [0.3, 0.4) is 0 Å². The van der Waals surface area contributed by atoms with E-state index in [4.69, 9.17) is 16.3 Å². The van der Waals surface area contributed by atoms with Crippen molar-refractivity contribution in [3.8, 4) is 0 Å². The van der Waals surface area contributed by atoms with Crippen molar-refractivity contribution in [2.24, 2.45) is 5.92 Å². The molecule has 1 heterocycles. The lowest BCUT2D eigenvalue weighted by Gasteiger charge is -2.18. The average molecular weight is 311 g/mol. The summed E-state index contributed by atoms with van der Waals surface area (Å²) in [5, 5.41) is 3.48. The van der Waals surface area contributed by atoms with E-state index in [-0.39, 0.29) is 30.2 Å². The molecule has 0 spiro atoms. The van der Waals surface area contributed by atoms with Crippen molar-refractivity contribution in [3.05, 3.63) is 29.3 Å². The van der Waals surface area contributed by atoms with Crippen LogP contribution >= 0.6 is 11.6 Å². The SMILES string of the molecule is COCC(C)NC(=O)C1CC(=O)N(c2ccc(Cl)cc2)C1. The van der Waals surface area contributed by atoms with E-state index in [9.17, 15) is 9.59 Å². The van der Waals surface area contributed by atoms with E-state index in [2.05, 4.69) is 5.32 Å². The number of nitrogens with zero attached hydrogens (tertiary/aromatic N) is 1. The smallest absolute Gasteiger partial charge is 0.227 e. The Bertz CT molecular complexity index is 518. The standard InChI is InChI=1S/C15H19ClN2O3/c1-10(9-21-2)17-15(20)11-7-14(19)18(8-11)13-5-3-12(16)4-6-13/h3-6,10-11H,7-9H2,1-2H3,(H,17,20). The van der Waals surface area contributed by atoms with Crippen molar-refractivity contribution in [2.75, 3.05) is 25.2 Å². The topological polar surface area (TPSA) is 58.6 Å². The molecule has 1 N–H and O–H groups in total. The zero-order valence-electron chi connectivity index (χ0n) is 12.1. The van der Waals surface area contributed by atoms with Crippen molar-refractivity contribution in [3.63, 3.8) is 0 Å². The van der Waals surface area contributed by atoms with Gasteiger partial charge in [-0.05, 0) is 31.2 Å².